The molecule has 4 heteroatoms. The molecule has 0 spiro atoms. The molecule has 0 fully saturated rings. The highest BCUT2D eigenvalue weighted by Gasteiger charge is 2.22. The highest BCUT2D eigenvalue weighted by Crippen LogP contribution is 2.14. The summed E-state index contributed by atoms with van der Waals surface area (Å²) >= 11 is 0. The van der Waals surface area contributed by atoms with Crippen LogP contribution in [-0.4, -0.2) is 19.0 Å². The highest BCUT2D eigenvalue weighted by atomic mass is 17.3. The molecule has 0 aromatic carbocycles. The van der Waals surface area contributed by atoms with Crippen LogP contribution in [0.3, 0.4) is 0 Å². The summed E-state index contributed by atoms with van der Waals surface area (Å²) in [5.41, 5.74) is 0. The molecule has 23 heavy (non-hydrogen) atoms. The van der Waals surface area contributed by atoms with Crippen LogP contribution in [-0.2, 0) is 19.6 Å². The van der Waals surface area contributed by atoms with Crippen LogP contribution in [0, 0.1) is 0 Å². The Bertz CT molecular complexity index is 209. The van der Waals surface area contributed by atoms with Crippen molar-refractivity contribution >= 4 is 0 Å². The minimum Gasteiger partial charge on any atom is -0.234 e. The molecule has 0 aromatic heterocycles. The fourth-order valence-corrected chi connectivity index (χ4v) is 2.26. The second kappa shape index (κ2) is 16.7. The molecule has 0 bridgehead atoms. The summed E-state index contributed by atoms with van der Waals surface area (Å²) in [7, 11) is 0. The molecule has 0 amide bonds. The highest BCUT2D eigenvalue weighted by molar-refractivity contribution is 4.47. The lowest BCUT2D eigenvalue weighted by atomic mass is 10.1. The van der Waals surface area contributed by atoms with Crippen LogP contribution < -0.4 is 0 Å². The van der Waals surface area contributed by atoms with E-state index >= 15 is 0 Å². The molecule has 0 aromatic rings. The van der Waals surface area contributed by atoms with Gasteiger partial charge in [0.05, 0.1) is 13.2 Å². The van der Waals surface area contributed by atoms with Crippen molar-refractivity contribution in [1.82, 2.24) is 0 Å². The van der Waals surface area contributed by atoms with Gasteiger partial charge in [0.15, 0.2) is 0 Å². The van der Waals surface area contributed by atoms with E-state index in [1.165, 1.54) is 64.2 Å². The standard InChI is InChI=1S/C19H40O4/c1-5-7-9-11-13-15-17-20-22-19(3,4)23-21-18-16-14-12-10-8-6-2/h5-18H2,1-4H3. The van der Waals surface area contributed by atoms with Gasteiger partial charge in [-0.05, 0) is 26.7 Å². The molecular formula is C19H40O4. The molecular weight excluding hydrogens is 292 g/mol. The van der Waals surface area contributed by atoms with Crippen molar-refractivity contribution in [3.63, 3.8) is 0 Å². The molecule has 0 aliphatic heterocycles. The summed E-state index contributed by atoms with van der Waals surface area (Å²) in [5, 5.41) is 0. The third-order valence-electron chi connectivity index (χ3n) is 3.68. The van der Waals surface area contributed by atoms with Gasteiger partial charge < -0.3 is 0 Å². The Kier molecular flexibility index (Phi) is 16.6. The van der Waals surface area contributed by atoms with Gasteiger partial charge in [0, 0.05) is 0 Å². The van der Waals surface area contributed by atoms with Crippen molar-refractivity contribution in [3.8, 4) is 0 Å². The molecule has 0 N–H and O–H groups in total. The first-order valence-electron chi connectivity index (χ1n) is 9.73. The van der Waals surface area contributed by atoms with Crippen LogP contribution >= 0.6 is 0 Å². The van der Waals surface area contributed by atoms with E-state index in [2.05, 4.69) is 13.8 Å². The second-order valence-electron chi connectivity index (χ2n) is 6.75. The maximum Gasteiger partial charge on any atom is 0.228 e. The fourth-order valence-electron chi connectivity index (χ4n) is 2.26. The fraction of sp³-hybridized carbons (Fsp3) is 1.00. The Balaban J connectivity index is 3.33. The number of hydrogen-bond donors (Lipinski definition) is 0. The van der Waals surface area contributed by atoms with Crippen molar-refractivity contribution in [2.75, 3.05) is 13.2 Å². The molecule has 140 valence electrons. The zero-order valence-corrected chi connectivity index (χ0v) is 16.0. The van der Waals surface area contributed by atoms with Crippen LogP contribution in [0.4, 0.5) is 0 Å². The summed E-state index contributed by atoms with van der Waals surface area (Å²) in [6.45, 7) is 9.28. The number of unbranched alkanes of at least 4 members (excludes halogenated alkanes) is 10. The van der Waals surface area contributed by atoms with Gasteiger partial charge in [-0.15, -0.1) is 0 Å². The van der Waals surface area contributed by atoms with E-state index in [0.717, 1.165) is 12.8 Å². The molecule has 0 radical (unpaired) electrons. The molecule has 0 atom stereocenters. The molecule has 0 aliphatic rings. The van der Waals surface area contributed by atoms with Gasteiger partial charge >= 0.3 is 0 Å². The SMILES string of the molecule is CCCCCCCCOOC(C)(C)OOCCCCCCCC. The van der Waals surface area contributed by atoms with Crippen molar-refractivity contribution in [3.05, 3.63) is 0 Å². The van der Waals surface area contributed by atoms with Crippen molar-refractivity contribution in [2.24, 2.45) is 0 Å². The maximum atomic E-state index is 5.27. The zero-order valence-electron chi connectivity index (χ0n) is 16.0. The van der Waals surface area contributed by atoms with Crippen LogP contribution in [0.15, 0.2) is 0 Å². The number of hydrogen-bond acceptors (Lipinski definition) is 4. The average Bonchev–Trinajstić information content (AvgIpc) is 2.52. The molecule has 0 aliphatic carbocycles. The van der Waals surface area contributed by atoms with Crippen LogP contribution in [0.1, 0.15) is 105 Å². The van der Waals surface area contributed by atoms with Gasteiger partial charge in [0.1, 0.15) is 0 Å². The summed E-state index contributed by atoms with van der Waals surface area (Å²) in [4.78, 5) is 21.0. The lowest BCUT2D eigenvalue weighted by molar-refractivity contribution is -0.501. The summed E-state index contributed by atoms with van der Waals surface area (Å²) in [6, 6.07) is 0. The first kappa shape index (κ1) is 22.8. The summed E-state index contributed by atoms with van der Waals surface area (Å²) in [5.74, 6) is -0.857. The molecule has 0 unspecified atom stereocenters. The van der Waals surface area contributed by atoms with E-state index in [1.807, 2.05) is 0 Å². The van der Waals surface area contributed by atoms with Gasteiger partial charge in [-0.3, -0.25) is 0 Å². The zero-order chi connectivity index (χ0) is 17.2. The van der Waals surface area contributed by atoms with Crippen LogP contribution in [0.5, 0.6) is 0 Å². The molecule has 4 nitrogen and oxygen atoms in total. The smallest absolute Gasteiger partial charge is 0.228 e. The topological polar surface area (TPSA) is 36.9 Å². The van der Waals surface area contributed by atoms with Gasteiger partial charge in [-0.2, -0.15) is 9.78 Å². The Morgan fingerprint density at radius 2 is 0.870 bits per heavy atom. The Hall–Kier alpha value is -0.160. The van der Waals surface area contributed by atoms with Crippen molar-refractivity contribution < 1.29 is 19.6 Å². The predicted octanol–water partition coefficient (Wildman–Crippen LogP) is 6.34. The van der Waals surface area contributed by atoms with E-state index in [4.69, 9.17) is 19.6 Å². The maximum absolute atomic E-state index is 5.27. The van der Waals surface area contributed by atoms with E-state index in [1.54, 1.807) is 13.8 Å². The average molecular weight is 333 g/mol. The normalized spacial score (nSPS) is 12.0. The minimum atomic E-state index is -0.857. The largest absolute Gasteiger partial charge is 0.234 e. The third kappa shape index (κ3) is 18.0. The third-order valence-corrected chi connectivity index (χ3v) is 3.68. The lowest BCUT2D eigenvalue weighted by Gasteiger charge is -2.22. The van der Waals surface area contributed by atoms with E-state index in [-0.39, 0.29) is 0 Å². The monoisotopic (exact) mass is 332 g/mol. The van der Waals surface area contributed by atoms with E-state index in [9.17, 15) is 0 Å². The summed E-state index contributed by atoms with van der Waals surface area (Å²) < 4.78 is 0. The van der Waals surface area contributed by atoms with Crippen LogP contribution in [0.25, 0.3) is 0 Å². The van der Waals surface area contributed by atoms with E-state index in [0.29, 0.717) is 13.2 Å². The second-order valence-corrected chi connectivity index (χ2v) is 6.75. The molecule has 0 rings (SSSR count). The Morgan fingerprint density at radius 1 is 0.522 bits per heavy atom. The molecule has 0 saturated carbocycles. The first-order valence-corrected chi connectivity index (χ1v) is 9.73. The van der Waals surface area contributed by atoms with Crippen molar-refractivity contribution in [1.29, 1.82) is 0 Å². The molecule has 0 saturated heterocycles. The van der Waals surface area contributed by atoms with Gasteiger partial charge in [-0.25, -0.2) is 9.78 Å². The molecule has 0 heterocycles. The Labute approximate surface area is 144 Å². The summed E-state index contributed by atoms with van der Waals surface area (Å²) in [6.07, 6.45) is 14.8. The van der Waals surface area contributed by atoms with Gasteiger partial charge in [-0.1, -0.05) is 78.1 Å². The Morgan fingerprint density at radius 3 is 1.26 bits per heavy atom. The van der Waals surface area contributed by atoms with Gasteiger partial charge in [0.2, 0.25) is 5.79 Å². The quantitative estimate of drug-likeness (QED) is 0.127. The van der Waals surface area contributed by atoms with E-state index < -0.39 is 5.79 Å². The first-order chi connectivity index (χ1) is 11.1. The van der Waals surface area contributed by atoms with Crippen LogP contribution in [0.2, 0.25) is 0 Å². The minimum absolute atomic E-state index is 0.607. The van der Waals surface area contributed by atoms with Gasteiger partial charge in [0.25, 0.3) is 0 Å². The van der Waals surface area contributed by atoms with Crippen molar-refractivity contribution in [2.45, 2.75) is 111 Å². The lowest BCUT2D eigenvalue weighted by Crippen LogP contribution is -2.29. The number of rotatable bonds is 18. The predicted molar refractivity (Wildman–Crippen MR) is 94.9 cm³/mol.